The number of carboxylic acids is 1. The topological polar surface area (TPSA) is 100 Å². The molecule has 0 saturated carbocycles. The molecule has 0 spiro atoms. The molecular weight excluding hydrogens is 363 g/mol. The fourth-order valence-corrected chi connectivity index (χ4v) is 2.21. The number of halogens is 3. The molecule has 3 rings (SSSR count). The van der Waals surface area contributed by atoms with Crippen molar-refractivity contribution in [2.24, 2.45) is 0 Å². The molecule has 0 radical (unpaired) electrons. The molecule has 0 bridgehead atoms. The highest BCUT2D eigenvalue weighted by Gasteiger charge is 2.14. The third-order valence-electron chi connectivity index (χ3n) is 3.36. The number of anilines is 3. The summed E-state index contributed by atoms with van der Waals surface area (Å²) in [6.45, 7) is -0.460. The first-order valence-corrected chi connectivity index (χ1v) is 7.59. The third-order valence-corrected chi connectivity index (χ3v) is 3.36. The number of aromatic nitrogens is 3. The van der Waals surface area contributed by atoms with E-state index in [1.807, 2.05) is 0 Å². The minimum absolute atomic E-state index is 0.0193. The molecule has 7 nitrogen and oxygen atoms in total. The molecule has 3 N–H and O–H groups in total. The van der Waals surface area contributed by atoms with Gasteiger partial charge in [0, 0.05) is 36.2 Å². The van der Waals surface area contributed by atoms with Crippen LogP contribution in [0, 0.1) is 17.5 Å². The molecule has 138 valence electrons. The fourth-order valence-electron chi connectivity index (χ4n) is 2.21. The van der Waals surface area contributed by atoms with Gasteiger partial charge < -0.3 is 15.7 Å². The van der Waals surface area contributed by atoms with Crippen LogP contribution in [0.1, 0.15) is 0 Å². The highest BCUT2D eigenvalue weighted by molar-refractivity contribution is 5.73. The van der Waals surface area contributed by atoms with Gasteiger partial charge >= 0.3 is 5.97 Å². The summed E-state index contributed by atoms with van der Waals surface area (Å²) in [6, 6.07) is 5.75. The lowest BCUT2D eigenvalue weighted by molar-refractivity contribution is -0.134. The number of carbonyl (C=O) groups is 1. The Kier molecular flexibility index (Phi) is 5.15. The molecule has 2 aromatic heterocycles. The number of rotatable bonds is 6. The minimum Gasteiger partial charge on any atom is -0.480 e. The molecule has 1 aromatic carbocycles. The SMILES string of the molecule is O=C(O)CNc1nc(Nc2c(F)cc(F)cc2F)cc(-c2ccncc2)n1. The summed E-state index contributed by atoms with van der Waals surface area (Å²) in [4.78, 5) is 22.8. The van der Waals surface area contributed by atoms with Crippen molar-refractivity contribution in [3.8, 4) is 11.3 Å². The molecule has 0 aliphatic rings. The Bertz CT molecular complexity index is 963. The van der Waals surface area contributed by atoms with E-state index in [9.17, 15) is 18.0 Å². The van der Waals surface area contributed by atoms with Gasteiger partial charge in [-0.3, -0.25) is 9.78 Å². The Balaban J connectivity index is 2.01. The van der Waals surface area contributed by atoms with Crippen molar-refractivity contribution in [3.63, 3.8) is 0 Å². The summed E-state index contributed by atoms with van der Waals surface area (Å²) < 4.78 is 40.8. The number of carboxylic acid groups (broad SMARTS) is 1. The molecule has 3 aromatic rings. The van der Waals surface area contributed by atoms with Crippen LogP contribution in [0.25, 0.3) is 11.3 Å². The Labute approximate surface area is 150 Å². The maximum Gasteiger partial charge on any atom is 0.322 e. The number of hydrogen-bond acceptors (Lipinski definition) is 6. The van der Waals surface area contributed by atoms with Crippen LogP contribution in [-0.2, 0) is 4.79 Å². The van der Waals surface area contributed by atoms with E-state index in [2.05, 4.69) is 25.6 Å². The summed E-state index contributed by atoms with van der Waals surface area (Å²) in [5.74, 6) is -4.57. The number of aliphatic carboxylic acids is 1. The zero-order valence-electron chi connectivity index (χ0n) is 13.6. The van der Waals surface area contributed by atoms with Gasteiger partial charge in [0.15, 0.2) is 11.6 Å². The number of pyridine rings is 1. The standard InChI is InChI=1S/C17H12F3N5O2/c18-10-5-11(19)16(12(20)6-10)24-14-7-13(9-1-3-21-4-2-9)23-17(25-14)22-8-15(26)27/h1-7H,8H2,(H,26,27)(H2,22,23,24,25). The zero-order chi connectivity index (χ0) is 19.4. The third kappa shape index (κ3) is 4.48. The van der Waals surface area contributed by atoms with E-state index in [0.29, 0.717) is 23.4 Å². The molecule has 0 unspecified atom stereocenters. The van der Waals surface area contributed by atoms with Gasteiger partial charge in [0.1, 0.15) is 23.9 Å². The molecule has 10 heteroatoms. The summed E-state index contributed by atoms with van der Waals surface area (Å²) >= 11 is 0. The summed E-state index contributed by atoms with van der Waals surface area (Å²) in [7, 11) is 0. The molecule has 0 amide bonds. The van der Waals surface area contributed by atoms with Crippen LogP contribution in [0.2, 0.25) is 0 Å². The number of hydrogen-bond donors (Lipinski definition) is 3. The summed E-state index contributed by atoms with van der Waals surface area (Å²) in [6.07, 6.45) is 3.04. The van der Waals surface area contributed by atoms with Crippen molar-refractivity contribution in [1.29, 1.82) is 0 Å². The second-order valence-electron chi connectivity index (χ2n) is 5.31. The van der Waals surface area contributed by atoms with Gasteiger partial charge in [0.25, 0.3) is 0 Å². The molecule has 0 aliphatic heterocycles. The minimum atomic E-state index is -1.14. The van der Waals surface area contributed by atoms with Crippen molar-refractivity contribution in [3.05, 3.63) is 60.2 Å². The van der Waals surface area contributed by atoms with E-state index in [0.717, 1.165) is 0 Å². The summed E-state index contributed by atoms with van der Waals surface area (Å²) in [5.41, 5.74) is 0.375. The quantitative estimate of drug-likeness (QED) is 0.608. The van der Waals surface area contributed by atoms with Crippen LogP contribution >= 0.6 is 0 Å². The molecule has 27 heavy (non-hydrogen) atoms. The first kappa shape index (κ1) is 18.1. The van der Waals surface area contributed by atoms with Crippen LogP contribution in [-0.4, -0.2) is 32.6 Å². The van der Waals surface area contributed by atoms with Crippen molar-refractivity contribution in [2.75, 3.05) is 17.2 Å². The molecular formula is C17H12F3N5O2. The summed E-state index contributed by atoms with van der Waals surface area (Å²) in [5, 5.41) is 13.7. The number of benzene rings is 1. The van der Waals surface area contributed by atoms with Gasteiger partial charge in [-0.25, -0.2) is 18.2 Å². The molecule has 0 aliphatic carbocycles. The van der Waals surface area contributed by atoms with E-state index in [4.69, 9.17) is 5.11 Å². The van der Waals surface area contributed by atoms with Gasteiger partial charge in [0.2, 0.25) is 5.95 Å². The lowest BCUT2D eigenvalue weighted by atomic mass is 10.2. The first-order chi connectivity index (χ1) is 12.9. The Morgan fingerprint density at radius 3 is 2.33 bits per heavy atom. The van der Waals surface area contributed by atoms with E-state index >= 15 is 0 Å². The zero-order valence-corrected chi connectivity index (χ0v) is 13.6. The molecule has 0 saturated heterocycles. The van der Waals surface area contributed by atoms with E-state index in [-0.39, 0.29) is 11.8 Å². The largest absolute Gasteiger partial charge is 0.480 e. The monoisotopic (exact) mass is 375 g/mol. The molecule has 0 fully saturated rings. The maximum atomic E-state index is 13.9. The van der Waals surface area contributed by atoms with Crippen molar-refractivity contribution in [2.45, 2.75) is 0 Å². The normalized spacial score (nSPS) is 10.5. The highest BCUT2D eigenvalue weighted by Crippen LogP contribution is 2.26. The van der Waals surface area contributed by atoms with Gasteiger partial charge in [-0.1, -0.05) is 0 Å². The Morgan fingerprint density at radius 1 is 1.04 bits per heavy atom. The smallest absolute Gasteiger partial charge is 0.322 e. The van der Waals surface area contributed by atoms with Gasteiger partial charge in [0.05, 0.1) is 5.69 Å². The average molecular weight is 375 g/mol. The van der Waals surface area contributed by atoms with Gasteiger partial charge in [-0.15, -0.1) is 0 Å². The Morgan fingerprint density at radius 2 is 1.70 bits per heavy atom. The molecule has 2 heterocycles. The van der Waals surface area contributed by atoms with Gasteiger partial charge in [-0.05, 0) is 12.1 Å². The number of nitrogens with zero attached hydrogens (tertiary/aromatic N) is 3. The van der Waals surface area contributed by atoms with Crippen molar-refractivity contribution < 1.29 is 23.1 Å². The van der Waals surface area contributed by atoms with E-state index < -0.39 is 35.7 Å². The predicted octanol–water partition coefficient (Wildman–Crippen LogP) is 3.20. The van der Waals surface area contributed by atoms with Crippen molar-refractivity contribution in [1.82, 2.24) is 15.0 Å². The average Bonchev–Trinajstić information content (AvgIpc) is 2.63. The van der Waals surface area contributed by atoms with E-state index in [1.54, 1.807) is 12.1 Å². The highest BCUT2D eigenvalue weighted by atomic mass is 19.1. The second-order valence-corrected chi connectivity index (χ2v) is 5.31. The first-order valence-electron chi connectivity index (χ1n) is 7.59. The fraction of sp³-hybridized carbons (Fsp3) is 0.0588. The van der Waals surface area contributed by atoms with Crippen LogP contribution in [0.4, 0.5) is 30.6 Å². The predicted molar refractivity (Wildman–Crippen MR) is 91.0 cm³/mol. The maximum absolute atomic E-state index is 13.9. The van der Waals surface area contributed by atoms with Gasteiger partial charge in [-0.2, -0.15) is 4.98 Å². The van der Waals surface area contributed by atoms with Crippen LogP contribution in [0.3, 0.4) is 0 Å². The van der Waals surface area contributed by atoms with Crippen LogP contribution in [0.15, 0.2) is 42.7 Å². The number of nitrogens with one attached hydrogen (secondary N) is 2. The van der Waals surface area contributed by atoms with E-state index in [1.165, 1.54) is 18.5 Å². The second kappa shape index (κ2) is 7.68. The van der Waals surface area contributed by atoms with Crippen LogP contribution < -0.4 is 10.6 Å². The van der Waals surface area contributed by atoms with Crippen molar-refractivity contribution >= 4 is 23.4 Å². The Hall–Kier alpha value is -3.69. The lowest BCUT2D eigenvalue weighted by Gasteiger charge is -2.12. The van der Waals surface area contributed by atoms with Crippen LogP contribution in [0.5, 0.6) is 0 Å². The molecule has 0 atom stereocenters. The lowest BCUT2D eigenvalue weighted by Crippen LogP contribution is -2.15.